The lowest BCUT2D eigenvalue weighted by Gasteiger charge is -2.46. The van der Waals surface area contributed by atoms with Crippen LogP contribution in [0, 0.1) is 11.6 Å². The molecule has 1 aliphatic carbocycles. The lowest BCUT2D eigenvalue weighted by atomic mass is 9.88. The second-order valence-corrected chi connectivity index (χ2v) is 9.99. The minimum absolute atomic E-state index is 0.0278. The molecule has 3 aromatic rings. The molecule has 2 amide bonds. The van der Waals surface area contributed by atoms with Crippen LogP contribution in [0.1, 0.15) is 31.2 Å². The summed E-state index contributed by atoms with van der Waals surface area (Å²) in [5.41, 5.74) is 0.660. The number of fused-ring (bicyclic) bond motifs is 1. The van der Waals surface area contributed by atoms with E-state index in [9.17, 15) is 14.7 Å². The van der Waals surface area contributed by atoms with Gasteiger partial charge >= 0.3 is 0 Å². The van der Waals surface area contributed by atoms with Gasteiger partial charge in [0, 0.05) is 23.5 Å². The number of nitrogens with zero attached hydrogens (tertiary/aromatic N) is 3. The van der Waals surface area contributed by atoms with Crippen molar-refractivity contribution in [3.05, 3.63) is 59.8 Å². The quantitative estimate of drug-likeness (QED) is 0.599. The van der Waals surface area contributed by atoms with E-state index in [0.717, 1.165) is 12.8 Å². The number of aromatic nitrogens is 1. The third-order valence-electron chi connectivity index (χ3n) is 7.42. The van der Waals surface area contributed by atoms with Crippen molar-refractivity contribution >= 4 is 22.7 Å². The summed E-state index contributed by atoms with van der Waals surface area (Å²) in [4.78, 5) is 32.6. The average molecular weight is 494 g/mol. The maximum Gasteiger partial charge on any atom is 0.248 e. The third kappa shape index (κ3) is 4.17. The van der Waals surface area contributed by atoms with Crippen LogP contribution in [0.15, 0.2) is 42.6 Å². The van der Waals surface area contributed by atoms with Crippen LogP contribution in [0.4, 0.5) is 8.78 Å². The molecule has 1 saturated carbocycles. The van der Waals surface area contributed by atoms with Crippen LogP contribution in [0.2, 0.25) is 0 Å². The normalized spacial score (nSPS) is 22.6. The third-order valence-corrected chi connectivity index (χ3v) is 7.42. The summed E-state index contributed by atoms with van der Waals surface area (Å²) in [5, 5.41) is 10.3. The van der Waals surface area contributed by atoms with E-state index < -0.39 is 17.2 Å². The minimum Gasteiger partial charge on any atom is -0.506 e. The molecule has 1 atom stereocenters. The van der Waals surface area contributed by atoms with Gasteiger partial charge in [0.1, 0.15) is 24.0 Å². The van der Waals surface area contributed by atoms with Gasteiger partial charge in [0.25, 0.3) is 0 Å². The molecule has 2 aromatic carbocycles. The molecule has 6 rings (SSSR count). The first-order valence-corrected chi connectivity index (χ1v) is 12.1. The fourth-order valence-electron chi connectivity index (χ4n) is 5.23. The molecular weight excluding hydrogens is 468 g/mol. The molecule has 0 bridgehead atoms. The number of carbonyl (C=O) groups excluding carboxylic acids is 2. The smallest absolute Gasteiger partial charge is 0.248 e. The van der Waals surface area contributed by atoms with Gasteiger partial charge in [0.15, 0.2) is 0 Å². The average Bonchev–Trinajstić information content (AvgIpc) is 3.69. The van der Waals surface area contributed by atoms with E-state index in [1.54, 1.807) is 24.3 Å². The number of hydrogen-bond acceptors (Lipinski definition) is 5. The Labute approximate surface area is 206 Å². The van der Waals surface area contributed by atoms with Crippen molar-refractivity contribution in [2.75, 3.05) is 19.7 Å². The van der Waals surface area contributed by atoms with Crippen LogP contribution in [0.3, 0.4) is 0 Å². The number of halogens is 2. The Bertz CT molecular complexity index is 1370. The molecule has 0 radical (unpaired) electrons. The van der Waals surface area contributed by atoms with E-state index in [0.29, 0.717) is 41.5 Å². The number of amides is 2. The molecule has 9 heteroatoms. The summed E-state index contributed by atoms with van der Waals surface area (Å²) in [7, 11) is 0. The fourth-order valence-corrected chi connectivity index (χ4v) is 5.23. The highest BCUT2D eigenvalue weighted by Crippen LogP contribution is 2.37. The summed E-state index contributed by atoms with van der Waals surface area (Å²) in [6.45, 7) is 0.500. The maximum atomic E-state index is 15.1. The van der Waals surface area contributed by atoms with Gasteiger partial charge < -0.3 is 19.6 Å². The number of hydrogen-bond donors (Lipinski definition) is 1. The first kappa shape index (κ1) is 22.8. The zero-order chi connectivity index (χ0) is 25.0. The van der Waals surface area contributed by atoms with Gasteiger partial charge in [-0.25, -0.2) is 8.78 Å². The van der Waals surface area contributed by atoms with Crippen LogP contribution < -0.4 is 0 Å². The molecule has 3 fully saturated rings. The van der Waals surface area contributed by atoms with E-state index in [1.807, 2.05) is 4.90 Å². The van der Waals surface area contributed by atoms with Crippen molar-refractivity contribution in [2.24, 2.45) is 0 Å². The molecule has 36 heavy (non-hydrogen) atoms. The van der Waals surface area contributed by atoms with Crippen molar-refractivity contribution in [3.63, 3.8) is 0 Å². The highest BCUT2D eigenvalue weighted by atomic mass is 19.1. The van der Waals surface area contributed by atoms with Crippen LogP contribution in [0.25, 0.3) is 22.0 Å². The zero-order valence-corrected chi connectivity index (χ0v) is 19.5. The topological polar surface area (TPSA) is 83.0 Å². The molecule has 1 aromatic heterocycles. The van der Waals surface area contributed by atoms with Gasteiger partial charge in [-0.3, -0.25) is 14.6 Å². The fraction of sp³-hybridized carbons (Fsp3) is 0.370. The SMILES string of the molecule is O=C1CC2(CCN1Cc1c(F)cc(-c3ccc4cc(O)cnc4c3)cc1F)CN(C1CC1)C(=O)CO2. The van der Waals surface area contributed by atoms with Crippen molar-refractivity contribution in [1.29, 1.82) is 0 Å². The van der Waals surface area contributed by atoms with Crippen LogP contribution in [0.5, 0.6) is 5.75 Å². The molecule has 186 valence electrons. The number of carbonyl (C=O) groups is 2. The summed E-state index contributed by atoms with van der Waals surface area (Å²) < 4.78 is 36.0. The van der Waals surface area contributed by atoms with Crippen LogP contribution in [-0.4, -0.2) is 63.0 Å². The van der Waals surface area contributed by atoms with E-state index in [1.165, 1.54) is 23.2 Å². The van der Waals surface area contributed by atoms with Gasteiger partial charge in [-0.1, -0.05) is 12.1 Å². The first-order chi connectivity index (χ1) is 17.3. The highest BCUT2D eigenvalue weighted by molar-refractivity contribution is 5.85. The summed E-state index contributed by atoms with van der Waals surface area (Å²) >= 11 is 0. The predicted molar refractivity (Wildman–Crippen MR) is 127 cm³/mol. The number of aromatic hydroxyl groups is 1. The summed E-state index contributed by atoms with van der Waals surface area (Å²) in [6.07, 6.45) is 3.88. The minimum atomic E-state index is -0.726. The largest absolute Gasteiger partial charge is 0.506 e. The number of likely N-dealkylation sites (tertiary alicyclic amines) is 1. The molecule has 3 aliphatic rings. The molecule has 1 spiro atoms. The number of pyridine rings is 1. The van der Waals surface area contributed by atoms with Gasteiger partial charge in [0.05, 0.1) is 36.8 Å². The monoisotopic (exact) mass is 493 g/mol. The van der Waals surface area contributed by atoms with Crippen LogP contribution in [-0.2, 0) is 20.9 Å². The molecule has 2 saturated heterocycles. The van der Waals surface area contributed by atoms with Gasteiger partial charge in [0.2, 0.25) is 11.8 Å². The summed E-state index contributed by atoms with van der Waals surface area (Å²) in [6, 6.07) is 9.49. The molecular formula is C27H25F2N3O4. The molecule has 3 heterocycles. The summed E-state index contributed by atoms with van der Waals surface area (Å²) in [5.74, 6) is -1.69. The molecule has 1 unspecified atom stereocenters. The maximum absolute atomic E-state index is 15.1. The Hall–Kier alpha value is -3.59. The second kappa shape index (κ2) is 8.51. The Kier molecular flexibility index (Phi) is 5.40. The Balaban J connectivity index is 1.18. The first-order valence-electron chi connectivity index (χ1n) is 12.1. The van der Waals surface area contributed by atoms with E-state index >= 15 is 8.78 Å². The van der Waals surface area contributed by atoms with Crippen molar-refractivity contribution in [1.82, 2.24) is 14.8 Å². The number of piperidine rings is 1. The Morgan fingerprint density at radius 1 is 1.06 bits per heavy atom. The molecule has 1 N–H and O–H groups in total. The Morgan fingerprint density at radius 2 is 1.83 bits per heavy atom. The highest BCUT2D eigenvalue weighted by Gasteiger charge is 2.48. The lowest BCUT2D eigenvalue weighted by molar-refractivity contribution is -0.178. The number of benzene rings is 2. The van der Waals surface area contributed by atoms with Gasteiger partial charge in [-0.2, -0.15) is 0 Å². The predicted octanol–water partition coefficient (Wildman–Crippen LogP) is 3.77. The van der Waals surface area contributed by atoms with Gasteiger partial charge in [-0.15, -0.1) is 0 Å². The van der Waals surface area contributed by atoms with Crippen LogP contribution >= 0.6 is 0 Å². The zero-order valence-electron chi connectivity index (χ0n) is 19.5. The van der Waals surface area contributed by atoms with Gasteiger partial charge in [-0.05, 0) is 54.7 Å². The van der Waals surface area contributed by atoms with Crippen molar-refractivity contribution in [3.8, 4) is 16.9 Å². The Morgan fingerprint density at radius 3 is 2.56 bits per heavy atom. The van der Waals surface area contributed by atoms with E-state index in [2.05, 4.69) is 4.98 Å². The molecule has 7 nitrogen and oxygen atoms in total. The molecule has 2 aliphatic heterocycles. The second-order valence-electron chi connectivity index (χ2n) is 9.99. The van der Waals surface area contributed by atoms with Crippen molar-refractivity contribution in [2.45, 2.75) is 43.9 Å². The van der Waals surface area contributed by atoms with E-state index in [4.69, 9.17) is 4.74 Å². The lowest BCUT2D eigenvalue weighted by Crippen LogP contribution is -2.60. The standard InChI is InChI=1S/C27H25F2N3O4/c28-22-8-18(16-1-2-17-7-20(33)12-30-24(17)10-16)9-23(29)21(22)13-31-6-5-27(11-25(31)34)15-32(19-3-4-19)26(35)14-36-27/h1-2,7-10,12,19,33H,3-6,11,13-15H2. The number of rotatable bonds is 4. The van der Waals surface area contributed by atoms with Crippen molar-refractivity contribution < 1.29 is 28.2 Å². The number of ether oxygens (including phenoxy) is 1. The van der Waals surface area contributed by atoms with E-state index in [-0.39, 0.29) is 48.7 Å². The number of morpholine rings is 1.